The standard InChI is InChI=1S/C16H24ClNO/c1-3-6-14-7-4-5-10-18(14)16-9-8-13(12(2)19)11-15(16)17/h8-9,11-12,14,19H,3-7,10H2,1-2H3. The van der Waals surface area contributed by atoms with Crippen LogP contribution in [-0.4, -0.2) is 17.7 Å². The Morgan fingerprint density at radius 2 is 2.21 bits per heavy atom. The van der Waals surface area contributed by atoms with Crippen LogP contribution in [0.15, 0.2) is 18.2 Å². The quantitative estimate of drug-likeness (QED) is 0.875. The maximum Gasteiger partial charge on any atom is 0.0762 e. The van der Waals surface area contributed by atoms with Gasteiger partial charge in [0.25, 0.3) is 0 Å². The molecule has 0 aromatic heterocycles. The first-order valence-corrected chi connectivity index (χ1v) is 7.75. The lowest BCUT2D eigenvalue weighted by atomic mass is 9.97. The van der Waals surface area contributed by atoms with E-state index in [2.05, 4.69) is 17.9 Å². The maximum absolute atomic E-state index is 9.61. The van der Waals surface area contributed by atoms with Gasteiger partial charge in [0, 0.05) is 12.6 Å². The van der Waals surface area contributed by atoms with Crippen LogP contribution in [0.25, 0.3) is 0 Å². The second-order valence-corrected chi connectivity index (χ2v) is 5.93. The van der Waals surface area contributed by atoms with Gasteiger partial charge < -0.3 is 10.0 Å². The summed E-state index contributed by atoms with van der Waals surface area (Å²) in [6.07, 6.45) is 5.82. The number of hydrogen-bond acceptors (Lipinski definition) is 2. The topological polar surface area (TPSA) is 23.5 Å². The van der Waals surface area contributed by atoms with E-state index in [1.807, 2.05) is 12.1 Å². The number of halogens is 1. The molecule has 2 rings (SSSR count). The fourth-order valence-electron chi connectivity index (χ4n) is 2.97. The molecule has 2 atom stereocenters. The number of aliphatic hydroxyl groups is 1. The molecule has 0 saturated carbocycles. The minimum absolute atomic E-state index is 0.459. The van der Waals surface area contributed by atoms with Crippen molar-refractivity contribution in [2.45, 2.75) is 58.1 Å². The van der Waals surface area contributed by atoms with Crippen LogP contribution >= 0.6 is 11.6 Å². The van der Waals surface area contributed by atoms with Gasteiger partial charge in [-0.25, -0.2) is 0 Å². The van der Waals surface area contributed by atoms with Gasteiger partial charge in [-0.05, 0) is 50.3 Å². The lowest BCUT2D eigenvalue weighted by Crippen LogP contribution is -2.39. The second-order valence-electron chi connectivity index (χ2n) is 5.52. The largest absolute Gasteiger partial charge is 0.389 e. The third-order valence-electron chi connectivity index (χ3n) is 4.01. The molecule has 0 amide bonds. The molecule has 1 fully saturated rings. The second kappa shape index (κ2) is 6.62. The number of hydrogen-bond donors (Lipinski definition) is 1. The van der Waals surface area contributed by atoms with E-state index in [1.54, 1.807) is 6.92 Å². The van der Waals surface area contributed by atoms with Gasteiger partial charge >= 0.3 is 0 Å². The first-order valence-electron chi connectivity index (χ1n) is 7.37. The summed E-state index contributed by atoms with van der Waals surface area (Å²) in [5, 5.41) is 10.4. The van der Waals surface area contributed by atoms with E-state index in [0.717, 1.165) is 22.8 Å². The number of rotatable bonds is 4. The van der Waals surface area contributed by atoms with Crippen LogP contribution in [0.3, 0.4) is 0 Å². The summed E-state index contributed by atoms with van der Waals surface area (Å²) in [6.45, 7) is 5.11. The fourth-order valence-corrected chi connectivity index (χ4v) is 3.26. The van der Waals surface area contributed by atoms with Crippen molar-refractivity contribution in [1.29, 1.82) is 0 Å². The molecule has 1 aliphatic rings. The van der Waals surface area contributed by atoms with Gasteiger partial charge in [-0.1, -0.05) is 31.0 Å². The molecular weight excluding hydrogens is 258 g/mol. The molecule has 2 unspecified atom stereocenters. The Hall–Kier alpha value is -0.730. The molecule has 2 nitrogen and oxygen atoms in total. The van der Waals surface area contributed by atoms with Gasteiger partial charge in [0.15, 0.2) is 0 Å². The average Bonchev–Trinajstić information content (AvgIpc) is 2.40. The van der Waals surface area contributed by atoms with Crippen LogP contribution in [0.1, 0.15) is 57.6 Å². The molecule has 1 heterocycles. The van der Waals surface area contributed by atoms with Crippen molar-refractivity contribution in [3.05, 3.63) is 28.8 Å². The summed E-state index contributed by atoms with van der Waals surface area (Å²) < 4.78 is 0. The Bertz CT molecular complexity index is 417. The number of piperidine rings is 1. The van der Waals surface area contributed by atoms with E-state index in [9.17, 15) is 5.11 Å². The molecule has 0 bridgehead atoms. The SMILES string of the molecule is CCCC1CCCCN1c1ccc(C(C)O)cc1Cl. The molecule has 1 N–H and O–H groups in total. The van der Waals surface area contributed by atoms with Crippen LogP contribution in [0, 0.1) is 0 Å². The fraction of sp³-hybridized carbons (Fsp3) is 0.625. The molecule has 1 aromatic rings. The highest BCUT2D eigenvalue weighted by molar-refractivity contribution is 6.33. The zero-order chi connectivity index (χ0) is 13.8. The van der Waals surface area contributed by atoms with Crippen LogP contribution in [-0.2, 0) is 0 Å². The number of aliphatic hydroxyl groups excluding tert-OH is 1. The van der Waals surface area contributed by atoms with E-state index in [-0.39, 0.29) is 0 Å². The minimum Gasteiger partial charge on any atom is -0.389 e. The van der Waals surface area contributed by atoms with Crippen molar-refractivity contribution in [2.75, 3.05) is 11.4 Å². The van der Waals surface area contributed by atoms with Crippen molar-refractivity contribution >= 4 is 17.3 Å². The summed E-state index contributed by atoms with van der Waals surface area (Å²) in [7, 11) is 0. The van der Waals surface area contributed by atoms with Gasteiger partial charge in [-0.15, -0.1) is 0 Å². The highest BCUT2D eigenvalue weighted by atomic mass is 35.5. The first kappa shape index (κ1) is 14.7. The molecular formula is C16H24ClNO. The zero-order valence-corrected chi connectivity index (χ0v) is 12.7. The summed E-state index contributed by atoms with van der Waals surface area (Å²) in [5.41, 5.74) is 2.02. The Kier molecular flexibility index (Phi) is 5.12. The maximum atomic E-state index is 9.61. The molecule has 1 aliphatic heterocycles. The van der Waals surface area contributed by atoms with Gasteiger partial charge in [0.05, 0.1) is 16.8 Å². The molecule has 0 spiro atoms. The highest BCUT2D eigenvalue weighted by Gasteiger charge is 2.23. The molecule has 3 heteroatoms. The zero-order valence-electron chi connectivity index (χ0n) is 11.9. The summed E-state index contributed by atoms with van der Waals surface area (Å²) in [4.78, 5) is 2.46. The van der Waals surface area contributed by atoms with E-state index >= 15 is 0 Å². The van der Waals surface area contributed by atoms with E-state index in [0.29, 0.717) is 6.04 Å². The van der Waals surface area contributed by atoms with Gasteiger partial charge in [0.1, 0.15) is 0 Å². The number of anilines is 1. The number of nitrogens with zero attached hydrogens (tertiary/aromatic N) is 1. The van der Waals surface area contributed by atoms with Gasteiger partial charge in [0.2, 0.25) is 0 Å². The Morgan fingerprint density at radius 3 is 2.84 bits per heavy atom. The molecule has 106 valence electrons. The van der Waals surface area contributed by atoms with E-state index in [4.69, 9.17) is 11.6 Å². The smallest absolute Gasteiger partial charge is 0.0762 e. The van der Waals surface area contributed by atoms with Crippen LogP contribution < -0.4 is 4.90 Å². The predicted octanol–water partition coefficient (Wildman–Crippen LogP) is 4.55. The molecule has 0 aliphatic carbocycles. The van der Waals surface area contributed by atoms with Crippen molar-refractivity contribution in [3.8, 4) is 0 Å². The molecule has 1 aromatic carbocycles. The summed E-state index contributed by atoms with van der Waals surface area (Å²) in [6, 6.07) is 6.58. The highest BCUT2D eigenvalue weighted by Crippen LogP contribution is 2.34. The molecule has 0 radical (unpaired) electrons. The van der Waals surface area contributed by atoms with Gasteiger partial charge in [-0.2, -0.15) is 0 Å². The van der Waals surface area contributed by atoms with Crippen LogP contribution in [0.4, 0.5) is 5.69 Å². The Balaban J connectivity index is 2.23. The molecule has 19 heavy (non-hydrogen) atoms. The minimum atomic E-state index is -0.459. The van der Waals surface area contributed by atoms with E-state index in [1.165, 1.54) is 32.1 Å². The Morgan fingerprint density at radius 1 is 1.42 bits per heavy atom. The summed E-state index contributed by atoms with van der Waals surface area (Å²) in [5.74, 6) is 0. The van der Waals surface area contributed by atoms with Crippen LogP contribution in [0.5, 0.6) is 0 Å². The van der Waals surface area contributed by atoms with Crippen molar-refractivity contribution in [2.24, 2.45) is 0 Å². The van der Waals surface area contributed by atoms with Crippen molar-refractivity contribution in [3.63, 3.8) is 0 Å². The third-order valence-corrected chi connectivity index (χ3v) is 4.32. The van der Waals surface area contributed by atoms with Crippen molar-refractivity contribution in [1.82, 2.24) is 0 Å². The van der Waals surface area contributed by atoms with E-state index < -0.39 is 6.10 Å². The normalized spacial score (nSPS) is 21.5. The monoisotopic (exact) mass is 281 g/mol. The van der Waals surface area contributed by atoms with Crippen molar-refractivity contribution < 1.29 is 5.11 Å². The number of benzene rings is 1. The molecule has 1 saturated heterocycles. The predicted molar refractivity (Wildman–Crippen MR) is 82.0 cm³/mol. The lowest BCUT2D eigenvalue weighted by molar-refractivity contribution is 0.199. The lowest BCUT2D eigenvalue weighted by Gasteiger charge is -2.38. The Labute approximate surface area is 121 Å². The van der Waals surface area contributed by atoms with Gasteiger partial charge in [-0.3, -0.25) is 0 Å². The summed E-state index contributed by atoms with van der Waals surface area (Å²) >= 11 is 6.42. The third kappa shape index (κ3) is 3.43. The average molecular weight is 282 g/mol. The first-order chi connectivity index (χ1) is 9.13. The van der Waals surface area contributed by atoms with Crippen LogP contribution in [0.2, 0.25) is 5.02 Å².